The maximum atomic E-state index is 13.6. The third-order valence-electron chi connectivity index (χ3n) is 3.01. The Morgan fingerprint density at radius 1 is 1.26 bits per heavy atom. The number of rotatable bonds is 5. The maximum Gasteiger partial charge on any atom is 0.217 e. The van der Waals surface area contributed by atoms with Crippen molar-refractivity contribution in [2.75, 3.05) is 7.11 Å². The molecule has 1 atom stereocenters. The number of ether oxygens (including phenoxy) is 1. The Hall–Kier alpha value is -1.94. The molecule has 3 nitrogen and oxygen atoms in total. The summed E-state index contributed by atoms with van der Waals surface area (Å²) < 4.78 is 18.8. The first kappa shape index (κ1) is 13.5. The molecule has 0 bridgehead atoms. The smallest absolute Gasteiger partial charge is 0.217 e. The van der Waals surface area contributed by atoms with Crippen LogP contribution in [0.5, 0.6) is 5.88 Å². The summed E-state index contributed by atoms with van der Waals surface area (Å²) in [6, 6.07) is 10.5. The lowest BCUT2D eigenvalue weighted by Gasteiger charge is -2.15. The first-order valence-corrected chi connectivity index (χ1v) is 6.18. The van der Waals surface area contributed by atoms with Gasteiger partial charge in [-0.15, -0.1) is 0 Å². The number of halogens is 1. The van der Waals surface area contributed by atoms with E-state index < -0.39 is 0 Å². The normalized spacial score (nSPS) is 12.2. The standard InChI is InChI=1S/C15H17FN2O/c1-11(13-7-3-4-8-14(13)16)18-10-12-6-5-9-17-15(12)19-2/h3-9,11,18H,10H2,1-2H3. The highest BCUT2D eigenvalue weighted by atomic mass is 19.1. The second-order valence-electron chi connectivity index (χ2n) is 4.30. The number of aromatic nitrogens is 1. The fourth-order valence-electron chi connectivity index (χ4n) is 1.94. The van der Waals surface area contributed by atoms with E-state index in [4.69, 9.17) is 4.74 Å². The Bertz CT molecular complexity index is 545. The molecule has 0 spiro atoms. The minimum absolute atomic E-state index is 0.0777. The van der Waals surface area contributed by atoms with Crippen molar-refractivity contribution >= 4 is 0 Å². The zero-order valence-electron chi connectivity index (χ0n) is 11.1. The van der Waals surface area contributed by atoms with Crippen LogP contribution in [-0.4, -0.2) is 12.1 Å². The van der Waals surface area contributed by atoms with Gasteiger partial charge >= 0.3 is 0 Å². The summed E-state index contributed by atoms with van der Waals surface area (Å²) in [6.45, 7) is 2.51. The average molecular weight is 260 g/mol. The van der Waals surface area contributed by atoms with Crippen LogP contribution in [0.4, 0.5) is 4.39 Å². The minimum atomic E-state index is -0.194. The first-order chi connectivity index (χ1) is 9.22. The number of hydrogen-bond acceptors (Lipinski definition) is 3. The molecule has 0 radical (unpaired) electrons. The predicted octanol–water partition coefficient (Wildman–Crippen LogP) is 3.08. The largest absolute Gasteiger partial charge is 0.481 e. The van der Waals surface area contributed by atoms with E-state index in [9.17, 15) is 4.39 Å². The second-order valence-corrected chi connectivity index (χ2v) is 4.30. The molecule has 1 heterocycles. The molecule has 4 heteroatoms. The molecule has 1 aromatic carbocycles. The van der Waals surface area contributed by atoms with Crippen LogP contribution >= 0.6 is 0 Å². The second kappa shape index (κ2) is 6.29. The van der Waals surface area contributed by atoms with Gasteiger partial charge < -0.3 is 10.1 Å². The van der Waals surface area contributed by atoms with E-state index in [1.54, 1.807) is 25.4 Å². The van der Waals surface area contributed by atoms with Crippen molar-refractivity contribution in [2.45, 2.75) is 19.5 Å². The molecule has 1 unspecified atom stereocenters. The number of pyridine rings is 1. The molecule has 2 rings (SSSR count). The van der Waals surface area contributed by atoms with Crippen LogP contribution < -0.4 is 10.1 Å². The quantitative estimate of drug-likeness (QED) is 0.897. The summed E-state index contributed by atoms with van der Waals surface area (Å²) in [4.78, 5) is 4.13. The molecule has 0 aliphatic heterocycles. The van der Waals surface area contributed by atoms with Gasteiger partial charge in [-0.1, -0.05) is 24.3 Å². The van der Waals surface area contributed by atoms with Crippen molar-refractivity contribution in [1.82, 2.24) is 10.3 Å². The summed E-state index contributed by atoms with van der Waals surface area (Å²) in [7, 11) is 1.59. The van der Waals surface area contributed by atoms with Crippen molar-refractivity contribution in [2.24, 2.45) is 0 Å². The zero-order valence-corrected chi connectivity index (χ0v) is 11.1. The van der Waals surface area contributed by atoms with Crippen LogP contribution in [0.25, 0.3) is 0 Å². The van der Waals surface area contributed by atoms with Crippen LogP contribution in [0.3, 0.4) is 0 Å². The van der Waals surface area contributed by atoms with Gasteiger partial charge in [-0.25, -0.2) is 9.37 Å². The number of nitrogens with one attached hydrogen (secondary N) is 1. The topological polar surface area (TPSA) is 34.1 Å². The lowest BCUT2D eigenvalue weighted by atomic mass is 10.1. The molecule has 1 aromatic heterocycles. The van der Waals surface area contributed by atoms with Gasteiger partial charge in [0, 0.05) is 29.9 Å². The summed E-state index contributed by atoms with van der Waals surface area (Å²) in [5.41, 5.74) is 1.61. The van der Waals surface area contributed by atoms with E-state index in [1.807, 2.05) is 25.1 Å². The summed E-state index contributed by atoms with van der Waals surface area (Å²) in [5, 5.41) is 3.27. The molecule has 0 saturated heterocycles. The van der Waals surface area contributed by atoms with Crippen molar-refractivity contribution < 1.29 is 9.13 Å². The van der Waals surface area contributed by atoms with Crippen LogP contribution in [0, 0.1) is 5.82 Å². The number of benzene rings is 1. The Labute approximate surface area is 112 Å². The lowest BCUT2D eigenvalue weighted by molar-refractivity contribution is 0.389. The average Bonchev–Trinajstić information content (AvgIpc) is 2.45. The molecular formula is C15H17FN2O. The highest BCUT2D eigenvalue weighted by Gasteiger charge is 2.11. The predicted molar refractivity (Wildman–Crippen MR) is 72.4 cm³/mol. The van der Waals surface area contributed by atoms with Crippen molar-refractivity contribution in [3.8, 4) is 5.88 Å². The molecule has 19 heavy (non-hydrogen) atoms. The van der Waals surface area contributed by atoms with Gasteiger partial charge in [0.05, 0.1) is 7.11 Å². The monoisotopic (exact) mass is 260 g/mol. The Kier molecular flexibility index (Phi) is 4.47. The SMILES string of the molecule is COc1ncccc1CNC(C)c1ccccc1F. The van der Waals surface area contributed by atoms with Crippen molar-refractivity contribution in [3.05, 3.63) is 59.5 Å². The van der Waals surface area contributed by atoms with E-state index in [1.165, 1.54) is 6.07 Å². The maximum absolute atomic E-state index is 13.6. The van der Waals surface area contributed by atoms with Crippen LogP contribution in [0.1, 0.15) is 24.1 Å². The van der Waals surface area contributed by atoms with Crippen LogP contribution in [0.2, 0.25) is 0 Å². The fraction of sp³-hybridized carbons (Fsp3) is 0.267. The van der Waals surface area contributed by atoms with Gasteiger partial charge in [0.1, 0.15) is 5.82 Å². The molecular weight excluding hydrogens is 243 g/mol. The first-order valence-electron chi connectivity index (χ1n) is 6.18. The molecule has 100 valence electrons. The van der Waals surface area contributed by atoms with Gasteiger partial charge in [0.25, 0.3) is 0 Å². The van der Waals surface area contributed by atoms with Gasteiger partial charge in [-0.05, 0) is 19.1 Å². The molecule has 0 aliphatic rings. The number of nitrogens with zero attached hydrogens (tertiary/aromatic N) is 1. The van der Waals surface area contributed by atoms with Crippen LogP contribution in [-0.2, 0) is 6.54 Å². The third kappa shape index (κ3) is 3.29. The lowest BCUT2D eigenvalue weighted by Crippen LogP contribution is -2.19. The fourth-order valence-corrected chi connectivity index (χ4v) is 1.94. The summed E-state index contributed by atoms with van der Waals surface area (Å²) >= 11 is 0. The van der Waals surface area contributed by atoms with Gasteiger partial charge in [0.2, 0.25) is 5.88 Å². The highest BCUT2D eigenvalue weighted by molar-refractivity contribution is 5.26. The Balaban J connectivity index is 2.04. The van der Waals surface area contributed by atoms with Gasteiger partial charge in [0.15, 0.2) is 0 Å². The summed E-state index contributed by atoms with van der Waals surface area (Å²) in [5.74, 6) is 0.399. The van der Waals surface area contributed by atoms with Crippen molar-refractivity contribution in [1.29, 1.82) is 0 Å². The molecule has 0 saturated carbocycles. The minimum Gasteiger partial charge on any atom is -0.481 e. The van der Waals surface area contributed by atoms with E-state index >= 15 is 0 Å². The van der Waals surface area contributed by atoms with E-state index in [-0.39, 0.29) is 11.9 Å². The van der Waals surface area contributed by atoms with Crippen molar-refractivity contribution in [3.63, 3.8) is 0 Å². The third-order valence-corrected chi connectivity index (χ3v) is 3.01. The number of methoxy groups -OCH3 is 1. The van der Waals surface area contributed by atoms with E-state index in [2.05, 4.69) is 10.3 Å². The number of hydrogen-bond donors (Lipinski definition) is 1. The molecule has 0 amide bonds. The van der Waals surface area contributed by atoms with Crippen LogP contribution in [0.15, 0.2) is 42.6 Å². The Morgan fingerprint density at radius 3 is 2.79 bits per heavy atom. The van der Waals surface area contributed by atoms with E-state index in [0.29, 0.717) is 18.0 Å². The molecule has 1 N–H and O–H groups in total. The summed E-state index contributed by atoms with van der Waals surface area (Å²) in [6.07, 6.45) is 1.68. The Morgan fingerprint density at radius 2 is 2.05 bits per heavy atom. The molecule has 2 aromatic rings. The highest BCUT2D eigenvalue weighted by Crippen LogP contribution is 2.18. The van der Waals surface area contributed by atoms with Gasteiger partial charge in [-0.3, -0.25) is 0 Å². The zero-order chi connectivity index (χ0) is 13.7. The van der Waals surface area contributed by atoms with E-state index in [0.717, 1.165) is 5.56 Å². The molecule has 0 fully saturated rings. The van der Waals surface area contributed by atoms with Gasteiger partial charge in [-0.2, -0.15) is 0 Å². The molecule has 0 aliphatic carbocycles.